The third-order valence-electron chi connectivity index (χ3n) is 12.3. The molecule has 0 radical (unpaired) electrons. The van der Waals surface area contributed by atoms with E-state index in [0.29, 0.717) is 31.1 Å². The van der Waals surface area contributed by atoms with Gasteiger partial charge in [0.2, 0.25) is 0 Å². The average Bonchev–Trinajstić information content (AvgIpc) is 3.79. The third kappa shape index (κ3) is 10.0. The Labute approximate surface area is 358 Å². The molecule has 9 rings (SSSR count). The molecule has 2 aliphatic rings. The summed E-state index contributed by atoms with van der Waals surface area (Å²) in [4.78, 5) is 39.7. The molecule has 4 heterocycles. The number of piperazine rings is 2. The van der Waals surface area contributed by atoms with Crippen molar-refractivity contribution in [2.24, 2.45) is 0 Å². The van der Waals surface area contributed by atoms with E-state index in [4.69, 9.17) is 4.74 Å². The minimum absolute atomic E-state index is 0.0000908. The molecule has 0 saturated carbocycles. The molecule has 2 saturated heterocycles. The van der Waals surface area contributed by atoms with Crippen molar-refractivity contribution >= 4 is 44.2 Å². The maximum Gasteiger partial charge on any atom is 0.416 e. The van der Waals surface area contributed by atoms with Gasteiger partial charge in [-0.1, -0.05) is 54.6 Å². The first-order chi connectivity index (χ1) is 30.1. The van der Waals surface area contributed by atoms with Crippen molar-refractivity contribution in [2.45, 2.75) is 44.9 Å². The van der Waals surface area contributed by atoms with Gasteiger partial charge < -0.3 is 24.5 Å². The largest absolute Gasteiger partial charge is 0.497 e. The Hall–Kier alpha value is -5.99. The average molecular weight is 849 g/mol. The minimum Gasteiger partial charge on any atom is -0.497 e. The van der Waals surface area contributed by atoms with E-state index in [1.54, 1.807) is 17.7 Å². The summed E-state index contributed by atoms with van der Waals surface area (Å²) in [5, 5.41) is 2.66. The highest BCUT2D eigenvalue weighted by Gasteiger charge is 2.31. The van der Waals surface area contributed by atoms with E-state index < -0.39 is 11.7 Å². The second kappa shape index (κ2) is 19.4. The van der Waals surface area contributed by atoms with Gasteiger partial charge in [-0.2, -0.15) is 13.2 Å². The highest BCUT2D eigenvalue weighted by atomic mass is 19.4. The quantitative estimate of drug-likeness (QED) is 0.114. The van der Waals surface area contributed by atoms with E-state index in [-0.39, 0.29) is 11.4 Å². The van der Waals surface area contributed by atoms with Crippen LogP contribution in [0, 0.1) is 0 Å². The number of fused-ring (bicyclic) bond motifs is 3. The number of unbranched alkanes of at least 4 members (excludes halogenated alkanes) is 2. The van der Waals surface area contributed by atoms with Crippen molar-refractivity contribution < 1.29 is 17.9 Å². The molecule has 7 aromatic rings. The van der Waals surface area contributed by atoms with Crippen molar-refractivity contribution in [1.82, 2.24) is 28.9 Å². The number of nitrogens with zero attached hydrogens (tertiary/aromatic N) is 6. The van der Waals surface area contributed by atoms with Crippen molar-refractivity contribution in [3.8, 4) is 5.75 Å². The SMILES string of the molecule is COc1ccc2[nH]c(=O)n(CCCCN3CCN(c4cccc(C(F)(F)F)c4)CC3)c2c1.O=c1[nH]c2ccccc2n1CCCCN1CCN(c2cccc3ccccc23)CC1. The zero-order chi connectivity index (χ0) is 43.1. The van der Waals surface area contributed by atoms with Gasteiger partial charge in [-0.25, -0.2) is 9.59 Å². The van der Waals surface area contributed by atoms with E-state index in [9.17, 15) is 22.8 Å². The summed E-state index contributed by atoms with van der Waals surface area (Å²) >= 11 is 0. The number of ether oxygens (including phenoxy) is 1. The second-order valence-corrected chi connectivity index (χ2v) is 16.2. The lowest BCUT2D eigenvalue weighted by Crippen LogP contribution is -2.46. The molecule has 2 N–H and O–H groups in total. The lowest BCUT2D eigenvalue weighted by Gasteiger charge is -2.36. The van der Waals surface area contributed by atoms with Gasteiger partial charge in [-0.05, 0) is 92.7 Å². The summed E-state index contributed by atoms with van der Waals surface area (Å²) in [6.07, 6.45) is -0.397. The van der Waals surface area contributed by atoms with Crippen LogP contribution < -0.4 is 25.9 Å². The molecule has 5 aromatic carbocycles. The highest BCUT2D eigenvalue weighted by Crippen LogP contribution is 2.32. The van der Waals surface area contributed by atoms with Crippen LogP contribution in [-0.2, 0) is 19.3 Å². The number of imidazole rings is 2. The third-order valence-corrected chi connectivity index (χ3v) is 12.3. The Morgan fingerprint density at radius 3 is 1.81 bits per heavy atom. The standard InChI is InChI=1S/C25H28N4O.C23H27F3N4O2/c30-25-26-22-11-3-4-12-24(22)29(25)15-6-5-14-27-16-18-28(19-17-27)23-13-7-9-20-8-1-2-10-21(20)23;1-32-19-7-8-20-21(16-19)30(22(31)27-20)10-3-2-9-28-11-13-29(14-12-28)18-6-4-5-17(15-18)23(24,25)26/h1-4,7-13H,5-6,14-19H2,(H,26,30);4-8,15-16H,2-3,9-14H2,1H3,(H,27,31). The number of halogens is 3. The van der Waals surface area contributed by atoms with Gasteiger partial charge in [0.1, 0.15) is 5.75 Å². The van der Waals surface area contributed by atoms with Crippen molar-refractivity contribution in [1.29, 1.82) is 0 Å². The first kappa shape index (κ1) is 42.7. The molecule has 0 amide bonds. The molecule has 2 fully saturated rings. The summed E-state index contributed by atoms with van der Waals surface area (Å²) in [5.74, 6) is 0.712. The molecule has 0 bridgehead atoms. The van der Waals surface area contributed by atoms with Crippen LogP contribution >= 0.6 is 0 Å². The van der Waals surface area contributed by atoms with Gasteiger partial charge >= 0.3 is 17.6 Å². The summed E-state index contributed by atoms with van der Waals surface area (Å²) < 4.78 is 47.8. The lowest BCUT2D eigenvalue weighted by atomic mass is 10.1. The number of benzene rings is 5. The van der Waals surface area contributed by atoms with E-state index in [2.05, 4.69) is 67.1 Å². The van der Waals surface area contributed by atoms with Crippen LogP contribution in [0.25, 0.3) is 32.8 Å². The molecule has 326 valence electrons. The Morgan fingerprint density at radius 1 is 0.565 bits per heavy atom. The molecule has 0 atom stereocenters. The number of H-pyrrole nitrogens is 2. The lowest BCUT2D eigenvalue weighted by molar-refractivity contribution is -0.137. The Balaban J connectivity index is 0.000000171. The van der Waals surface area contributed by atoms with Crippen LogP contribution in [-0.4, -0.2) is 101 Å². The van der Waals surface area contributed by atoms with E-state index in [1.807, 2.05) is 51.9 Å². The van der Waals surface area contributed by atoms with Crippen LogP contribution in [0.1, 0.15) is 31.2 Å². The van der Waals surface area contributed by atoms with Crippen molar-refractivity contribution in [3.63, 3.8) is 0 Å². The summed E-state index contributed by atoms with van der Waals surface area (Å²) in [7, 11) is 1.60. The molecule has 2 aromatic heterocycles. The number of methoxy groups -OCH3 is 1. The van der Waals surface area contributed by atoms with E-state index in [0.717, 1.165) is 113 Å². The number of aromatic amines is 2. The number of para-hydroxylation sites is 2. The van der Waals surface area contributed by atoms with Crippen molar-refractivity contribution in [3.05, 3.63) is 136 Å². The van der Waals surface area contributed by atoms with Gasteiger partial charge in [-0.15, -0.1) is 0 Å². The Kier molecular flexibility index (Phi) is 13.3. The second-order valence-electron chi connectivity index (χ2n) is 16.2. The number of nitrogens with one attached hydrogen (secondary N) is 2. The summed E-state index contributed by atoms with van der Waals surface area (Å²) in [6, 6.07) is 34.2. The smallest absolute Gasteiger partial charge is 0.416 e. The van der Waals surface area contributed by atoms with E-state index in [1.165, 1.54) is 28.6 Å². The fraction of sp³-hybridized carbons (Fsp3) is 0.375. The number of hydrogen-bond acceptors (Lipinski definition) is 7. The molecule has 0 spiro atoms. The topological polar surface area (TPSA) is 97.8 Å². The summed E-state index contributed by atoms with van der Waals surface area (Å²) in [6.45, 7) is 10.7. The number of aromatic nitrogens is 4. The fourth-order valence-corrected chi connectivity index (χ4v) is 8.83. The van der Waals surface area contributed by atoms with Gasteiger partial charge in [0.15, 0.2) is 0 Å². The normalized spacial score (nSPS) is 15.4. The van der Waals surface area contributed by atoms with Gasteiger partial charge in [0.05, 0.1) is 34.7 Å². The maximum absolute atomic E-state index is 13.0. The molecule has 0 unspecified atom stereocenters. The molecular formula is C48H55F3N8O3. The van der Waals surface area contributed by atoms with Crippen LogP contribution in [0.5, 0.6) is 5.75 Å². The Morgan fingerprint density at radius 2 is 1.13 bits per heavy atom. The number of alkyl halides is 3. The van der Waals surface area contributed by atoms with Gasteiger partial charge in [0.25, 0.3) is 0 Å². The number of aryl methyl sites for hydroxylation is 2. The predicted octanol–water partition coefficient (Wildman–Crippen LogP) is 8.04. The fourth-order valence-electron chi connectivity index (χ4n) is 8.83. The van der Waals surface area contributed by atoms with Crippen molar-refractivity contribution in [2.75, 3.05) is 82.4 Å². The number of anilines is 2. The highest BCUT2D eigenvalue weighted by molar-refractivity contribution is 5.94. The summed E-state index contributed by atoms with van der Waals surface area (Å²) in [5.41, 5.74) is 4.80. The van der Waals surface area contributed by atoms with Gasteiger partial charge in [-0.3, -0.25) is 18.9 Å². The zero-order valence-corrected chi connectivity index (χ0v) is 35.2. The molecule has 0 aliphatic carbocycles. The number of rotatable bonds is 13. The zero-order valence-electron chi connectivity index (χ0n) is 35.2. The van der Waals surface area contributed by atoms with Gasteiger partial charge in [0, 0.05) is 88.3 Å². The predicted molar refractivity (Wildman–Crippen MR) is 243 cm³/mol. The minimum atomic E-state index is -4.32. The first-order valence-electron chi connectivity index (χ1n) is 21.7. The molecule has 11 nitrogen and oxygen atoms in total. The first-order valence-corrected chi connectivity index (χ1v) is 21.7. The molecule has 14 heteroatoms. The monoisotopic (exact) mass is 848 g/mol. The molecular weight excluding hydrogens is 794 g/mol. The number of hydrogen-bond donors (Lipinski definition) is 2. The van der Waals surface area contributed by atoms with Crippen LogP contribution in [0.2, 0.25) is 0 Å². The van der Waals surface area contributed by atoms with E-state index >= 15 is 0 Å². The van der Waals surface area contributed by atoms with Crippen LogP contribution in [0.4, 0.5) is 24.5 Å². The molecule has 62 heavy (non-hydrogen) atoms. The van der Waals surface area contributed by atoms with Crippen LogP contribution in [0.3, 0.4) is 0 Å². The Bertz CT molecular complexity index is 2680. The maximum atomic E-state index is 13.0. The molecule has 2 aliphatic heterocycles. The van der Waals surface area contributed by atoms with Crippen LogP contribution in [0.15, 0.2) is 119 Å².